The number of aromatic nitrogens is 2. The summed E-state index contributed by atoms with van der Waals surface area (Å²) in [6, 6.07) is 6.53. The molecule has 0 radical (unpaired) electrons. The predicted molar refractivity (Wildman–Crippen MR) is 66.9 cm³/mol. The molecule has 0 spiro atoms. The summed E-state index contributed by atoms with van der Waals surface area (Å²) in [7, 11) is 1.51. The topological polar surface area (TPSA) is 55.0 Å². The van der Waals surface area contributed by atoms with Gasteiger partial charge in [0, 0.05) is 0 Å². The minimum atomic E-state index is -0.321. The third-order valence-electron chi connectivity index (χ3n) is 2.23. The summed E-state index contributed by atoms with van der Waals surface area (Å²) in [5.41, 5.74) is 0.760. The lowest BCUT2D eigenvalue weighted by molar-refractivity contribution is 0.415. The molecule has 0 aliphatic heterocycles. The molecule has 2 aromatic rings. The summed E-state index contributed by atoms with van der Waals surface area (Å²) in [6.07, 6.45) is 0. The van der Waals surface area contributed by atoms with E-state index in [1.54, 1.807) is 18.2 Å². The van der Waals surface area contributed by atoms with Crippen molar-refractivity contribution >= 4 is 23.2 Å². The zero-order chi connectivity index (χ0) is 12.4. The molecule has 2 rings (SSSR count). The molecule has 6 heteroatoms. The van der Waals surface area contributed by atoms with E-state index in [-0.39, 0.29) is 10.7 Å². The van der Waals surface area contributed by atoms with Crippen molar-refractivity contribution in [2.24, 2.45) is 0 Å². The van der Waals surface area contributed by atoms with Crippen LogP contribution in [0.25, 0.3) is 11.1 Å². The molecule has 17 heavy (non-hydrogen) atoms. The van der Waals surface area contributed by atoms with E-state index in [4.69, 9.17) is 27.9 Å². The maximum absolute atomic E-state index is 11.6. The van der Waals surface area contributed by atoms with Crippen LogP contribution < -0.4 is 10.3 Å². The van der Waals surface area contributed by atoms with Crippen LogP contribution in [0.2, 0.25) is 10.2 Å². The summed E-state index contributed by atoms with van der Waals surface area (Å²) in [5, 5.41) is 6.60. The second-order valence-electron chi connectivity index (χ2n) is 3.28. The van der Waals surface area contributed by atoms with Crippen LogP contribution in [0.4, 0.5) is 0 Å². The Bertz CT molecular complexity index is 611. The molecule has 0 saturated heterocycles. The van der Waals surface area contributed by atoms with Gasteiger partial charge in [-0.3, -0.25) is 4.79 Å². The number of halogens is 2. The smallest absolute Gasteiger partial charge is 0.272 e. The van der Waals surface area contributed by atoms with Gasteiger partial charge in [0.25, 0.3) is 5.56 Å². The van der Waals surface area contributed by atoms with E-state index in [2.05, 4.69) is 10.2 Å². The van der Waals surface area contributed by atoms with Crippen molar-refractivity contribution < 1.29 is 4.74 Å². The minimum absolute atomic E-state index is 0.216. The summed E-state index contributed by atoms with van der Waals surface area (Å²) in [6.45, 7) is 0. The summed E-state index contributed by atoms with van der Waals surface area (Å²) in [4.78, 5) is 11.6. The molecule has 0 bridgehead atoms. The van der Waals surface area contributed by atoms with Crippen LogP contribution >= 0.6 is 23.2 Å². The highest BCUT2D eigenvalue weighted by Gasteiger charge is 2.08. The van der Waals surface area contributed by atoms with Gasteiger partial charge in [-0.1, -0.05) is 29.3 Å². The van der Waals surface area contributed by atoms with Crippen molar-refractivity contribution in [1.82, 2.24) is 10.2 Å². The van der Waals surface area contributed by atoms with Gasteiger partial charge in [-0.25, -0.2) is 5.10 Å². The molecule has 0 aliphatic rings. The standard InChI is InChI=1S/C11H8Cl2N2O2/c1-17-9-4-6(2-3-8(9)12)7-5-10(13)14-15-11(7)16/h2-5H,1H3,(H,15,16). The average molecular weight is 271 g/mol. The average Bonchev–Trinajstić information content (AvgIpc) is 2.33. The van der Waals surface area contributed by atoms with Crippen molar-refractivity contribution in [1.29, 1.82) is 0 Å². The number of nitrogens with one attached hydrogen (secondary N) is 1. The molecule has 1 N–H and O–H groups in total. The Hall–Kier alpha value is -1.52. The van der Waals surface area contributed by atoms with E-state index in [0.717, 1.165) is 0 Å². The van der Waals surface area contributed by atoms with E-state index in [9.17, 15) is 4.79 Å². The van der Waals surface area contributed by atoms with Gasteiger partial charge in [0.05, 0.1) is 17.7 Å². The molecule has 0 amide bonds. The third-order valence-corrected chi connectivity index (χ3v) is 2.74. The zero-order valence-electron chi connectivity index (χ0n) is 8.83. The fraction of sp³-hybridized carbons (Fsp3) is 0.0909. The number of aromatic amines is 1. The fourth-order valence-electron chi connectivity index (χ4n) is 1.42. The quantitative estimate of drug-likeness (QED) is 0.913. The molecule has 0 fully saturated rings. The normalized spacial score (nSPS) is 10.3. The first-order valence-corrected chi connectivity index (χ1v) is 5.46. The number of hydrogen-bond acceptors (Lipinski definition) is 3. The van der Waals surface area contributed by atoms with Gasteiger partial charge in [-0.05, 0) is 23.8 Å². The van der Waals surface area contributed by atoms with Crippen molar-refractivity contribution in [2.75, 3.05) is 7.11 Å². The lowest BCUT2D eigenvalue weighted by Crippen LogP contribution is -2.10. The predicted octanol–water partition coefficient (Wildman–Crippen LogP) is 2.75. The van der Waals surface area contributed by atoms with Gasteiger partial charge >= 0.3 is 0 Å². The van der Waals surface area contributed by atoms with Gasteiger partial charge in [0.15, 0.2) is 0 Å². The van der Waals surface area contributed by atoms with E-state index in [0.29, 0.717) is 21.9 Å². The molecule has 1 aromatic carbocycles. The van der Waals surface area contributed by atoms with E-state index < -0.39 is 0 Å². The maximum atomic E-state index is 11.6. The highest BCUT2D eigenvalue weighted by Crippen LogP contribution is 2.29. The molecule has 4 nitrogen and oxygen atoms in total. The number of H-pyrrole nitrogens is 1. The first-order valence-electron chi connectivity index (χ1n) is 4.71. The van der Waals surface area contributed by atoms with Crippen molar-refractivity contribution in [3.63, 3.8) is 0 Å². The monoisotopic (exact) mass is 270 g/mol. The van der Waals surface area contributed by atoms with Gasteiger partial charge in [0.1, 0.15) is 10.9 Å². The number of nitrogens with zero attached hydrogens (tertiary/aromatic N) is 1. The maximum Gasteiger partial charge on any atom is 0.272 e. The van der Waals surface area contributed by atoms with Crippen molar-refractivity contribution in [2.45, 2.75) is 0 Å². The van der Waals surface area contributed by atoms with Crippen LogP contribution in [0.15, 0.2) is 29.1 Å². The minimum Gasteiger partial charge on any atom is -0.495 e. The number of ether oxygens (including phenoxy) is 1. The molecule has 0 saturated carbocycles. The van der Waals surface area contributed by atoms with Gasteiger partial charge in [0.2, 0.25) is 0 Å². The summed E-state index contributed by atoms with van der Waals surface area (Å²) < 4.78 is 5.08. The fourth-order valence-corrected chi connectivity index (χ4v) is 1.77. The largest absolute Gasteiger partial charge is 0.495 e. The number of rotatable bonds is 2. The highest BCUT2D eigenvalue weighted by atomic mass is 35.5. The Kier molecular flexibility index (Phi) is 3.36. The van der Waals surface area contributed by atoms with Crippen LogP contribution in [0.3, 0.4) is 0 Å². The van der Waals surface area contributed by atoms with E-state index in [1.807, 2.05) is 0 Å². The van der Waals surface area contributed by atoms with Crippen LogP contribution in [0.5, 0.6) is 5.75 Å². The van der Waals surface area contributed by atoms with Gasteiger partial charge in [-0.15, -0.1) is 0 Å². The van der Waals surface area contributed by atoms with Crippen LogP contribution in [-0.4, -0.2) is 17.3 Å². The SMILES string of the molecule is COc1cc(-c2cc(Cl)n[nH]c2=O)ccc1Cl. The Morgan fingerprint density at radius 2 is 2.06 bits per heavy atom. The molecular formula is C11H8Cl2N2O2. The van der Waals surface area contributed by atoms with E-state index in [1.165, 1.54) is 13.2 Å². The lowest BCUT2D eigenvalue weighted by Gasteiger charge is -2.06. The van der Waals surface area contributed by atoms with Crippen LogP contribution in [0, 0.1) is 0 Å². The Balaban J connectivity index is 2.60. The zero-order valence-corrected chi connectivity index (χ0v) is 10.3. The molecule has 0 atom stereocenters. The van der Waals surface area contributed by atoms with Gasteiger partial charge in [-0.2, -0.15) is 5.10 Å². The molecular weight excluding hydrogens is 263 g/mol. The Labute approximate surface area is 107 Å². The Morgan fingerprint density at radius 3 is 2.76 bits per heavy atom. The van der Waals surface area contributed by atoms with Gasteiger partial charge < -0.3 is 4.74 Å². The first kappa shape index (κ1) is 12.0. The summed E-state index contributed by atoms with van der Waals surface area (Å²) >= 11 is 11.6. The van der Waals surface area contributed by atoms with E-state index >= 15 is 0 Å². The highest BCUT2D eigenvalue weighted by molar-refractivity contribution is 6.32. The van der Waals surface area contributed by atoms with Crippen molar-refractivity contribution in [3.8, 4) is 16.9 Å². The number of methoxy groups -OCH3 is 1. The molecule has 0 unspecified atom stereocenters. The van der Waals surface area contributed by atoms with Crippen LogP contribution in [-0.2, 0) is 0 Å². The number of benzene rings is 1. The number of hydrogen-bond donors (Lipinski definition) is 1. The molecule has 1 heterocycles. The second-order valence-corrected chi connectivity index (χ2v) is 4.08. The summed E-state index contributed by atoms with van der Waals surface area (Å²) in [5.74, 6) is 0.497. The molecule has 88 valence electrons. The third kappa shape index (κ3) is 2.43. The first-order chi connectivity index (χ1) is 8.11. The lowest BCUT2D eigenvalue weighted by atomic mass is 10.1. The molecule has 1 aromatic heterocycles. The van der Waals surface area contributed by atoms with Crippen molar-refractivity contribution in [3.05, 3.63) is 44.8 Å². The molecule has 0 aliphatic carbocycles. The Morgan fingerprint density at radius 1 is 1.29 bits per heavy atom. The second kappa shape index (κ2) is 4.77. The van der Waals surface area contributed by atoms with Crippen LogP contribution in [0.1, 0.15) is 0 Å².